The van der Waals surface area contributed by atoms with Crippen molar-refractivity contribution in [2.45, 2.75) is 33.2 Å². The van der Waals surface area contributed by atoms with Crippen molar-refractivity contribution in [2.24, 2.45) is 0 Å². The summed E-state index contributed by atoms with van der Waals surface area (Å²) in [5, 5.41) is 4.48. The average molecular weight is 334 g/mol. The summed E-state index contributed by atoms with van der Waals surface area (Å²) in [7, 11) is 0. The molecular weight excluding hydrogens is 312 g/mol. The number of hydrogen-bond donors (Lipinski definition) is 0. The highest BCUT2D eigenvalue weighted by Crippen LogP contribution is 2.30. The van der Waals surface area contributed by atoms with Gasteiger partial charge in [-0.25, -0.2) is 9.97 Å². The lowest BCUT2D eigenvalue weighted by Crippen LogP contribution is -2.24. The summed E-state index contributed by atoms with van der Waals surface area (Å²) in [6.45, 7) is 8.14. The first kappa shape index (κ1) is 15.7. The third kappa shape index (κ3) is 2.99. The summed E-state index contributed by atoms with van der Waals surface area (Å²) in [6.07, 6.45) is 8.67. The summed E-state index contributed by atoms with van der Waals surface area (Å²) in [4.78, 5) is 16.0. The van der Waals surface area contributed by atoms with E-state index in [9.17, 15) is 0 Å². The first-order valence-corrected chi connectivity index (χ1v) is 8.63. The Morgan fingerprint density at radius 2 is 1.88 bits per heavy atom. The van der Waals surface area contributed by atoms with Gasteiger partial charge in [-0.2, -0.15) is 5.10 Å². The molecule has 6 nitrogen and oxygen atoms in total. The molecule has 0 N–H and O–H groups in total. The van der Waals surface area contributed by atoms with E-state index in [0.29, 0.717) is 6.04 Å². The fraction of sp³-hybridized carbons (Fsp3) is 0.368. The van der Waals surface area contributed by atoms with Crippen molar-refractivity contribution >= 4 is 5.82 Å². The van der Waals surface area contributed by atoms with Gasteiger partial charge in [0, 0.05) is 48.5 Å². The number of hydrogen-bond acceptors (Lipinski definition) is 5. The number of aryl methyl sites for hydroxylation is 2. The maximum Gasteiger partial charge on any atom is 0.161 e. The van der Waals surface area contributed by atoms with Gasteiger partial charge in [-0.3, -0.25) is 9.67 Å². The molecule has 0 saturated carbocycles. The van der Waals surface area contributed by atoms with Crippen LogP contribution in [0.2, 0.25) is 0 Å². The molecule has 1 unspecified atom stereocenters. The topological polar surface area (TPSA) is 59.7 Å². The predicted molar refractivity (Wildman–Crippen MR) is 97.6 cm³/mol. The summed E-state index contributed by atoms with van der Waals surface area (Å²) in [5.74, 6) is 1.80. The quantitative estimate of drug-likeness (QED) is 0.736. The van der Waals surface area contributed by atoms with Gasteiger partial charge in [0.25, 0.3) is 0 Å². The Balaban J connectivity index is 1.65. The molecule has 1 aliphatic rings. The molecule has 0 spiro atoms. The molecule has 128 valence electrons. The van der Waals surface area contributed by atoms with Gasteiger partial charge in [0.05, 0.1) is 12.2 Å². The van der Waals surface area contributed by atoms with Crippen LogP contribution in [-0.2, 0) is 0 Å². The Morgan fingerprint density at radius 1 is 1.08 bits per heavy atom. The monoisotopic (exact) mass is 334 g/mol. The Morgan fingerprint density at radius 3 is 2.60 bits per heavy atom. The molecule has 3 aromatic rings. The molecule has 25 heavy (non-hydrogen) atoms. The standard InChI is InChI=1S/C19H22N6/c1-13-10-21-25(11-13)17-6-9-24(12-17)19-14(2)15(3)22-18(23-19)16-4-7-20-8-5-16/h4-5,7-8,10-11,17H,6,9,12H2,1-3H3. The van der Waals surface area contributed by atoms with Gasteiger partial charge in [-0.05, 0) is 44.9 Å². The van der Waals surface area contributed by atoms with E-state index >= 15 is 0 Å². The molecule has 3 aromatic heterocycles. The zero-order valence-corrected chi connectivity index (χ0v) is 14.8. The highest BCUT2D eigenvalue weighted by Gasteiger charge is 2.27. The zero-order chi connectivity index (χ0) is 17.4. The second-order valence-corrected chi connectivity index (χ2v) is 6.70. The van der Waals surface area contributed by atoms with Crippen LogP contribution in [0.5, 0.6) is 0 Å². The molecule has 4 rings (SSSR count). The third-order valence-electron chi connectivity index (χ3n) is 4.87. The maximum atomic E-state index is 4.88. The van der Waals surface area contributed by atoms with Crippen LogP contribution >= 0.6 is 0 Å². The van der Waals surface area contributed by atoms with E-state index < -0.39 is 0 Å². The third-order valence-corrected chi connectivity index (χ3v) is 4.87. The van der Waals surface area contributed by atoms with E-state index in [2.05, 4.69) is 51.6 Å². The van der Waals surface area contributed by atoms with Gasteiger partial charge >= 0.3 is 0 Å². The second-order valence-electron chi connectivity index (χ2n) is 6.70. The summed E-state index contributed by atoms with van der Waals surface area (Å²) in [5.41, 5.74) is 4.37. The SMILES string of the molecule is Cc1cnn(C2CCN(c3nc(-c4ccncc4)nc(C)c3C)C2)c1. The molecule has 6 heteroatoms. The van der Waals surface area contributed by atoms with Crippen molar-refractivity contribution in [3.63, 3.8) is 0 Å². The first-order valence-electron chi connectivity index (χ1n) is 8.63. The minimum absolute atomic E-state index is 0.396. The molecular formula is C19H22N6. The van der Waals surface area contributed by atoms with Gasteiger partial charge in [-0.15, -0.1) is 0 Å². The molecule has 0 bridgehead atoms. The van der Waals surface area contributed by atoms with E-state index in [1.54, 1.807) is 12.4 Å². The lowest BCUT2D eigenvalue weighted by Gasteiger charge is -2.21. The fourth-order valence-electron chi connectivity index (χ4n) is 3.33. The van der Waals surface area contributed by atoms with Gasteiger partial charge < -0.3 is 4.90 Å². The van der Waals surface area contributed by atoms with Crippen LogP contribution in [0.15, 0.2) is 36.9 Å². The van der Waals surface area contributed by atoms with Crippen LogP contribution in [0, 0.1) is 20.8 Å². The van der Waals surface area contributed by atoms with E-state index in [1.807, 2.05) is 18.3 Å². The lowest BCUT2D eigenvalue weighted by molar-refractivity contribution is 0.494. The normalized spacial score (nSPS) is 17.2. The molecule has 4 heterocycles. The van der Waals surface area contributed by atoms with Crippen molar-refractivity contribution in [2.75, 3.05) is 18.0 Å². The van der Waals surface area contributed by atoms with Crippen molar-refractivity contribution < 1.29 is 0 Å². The molecule has 1 saturated heterocycles. The van der Waals surface area contributed by atoms with Crippen molar-refractivity contribution in [3.8, 4) is 11.4 Å². The van der Waals surface area contributed by atoms with E-state index in [0.717, 1.165) is 48.0 Å². The van der Waals surface area contributed by atoms with E-state index in [-0.39, 0.29) is 0 Å². The minimum atomic E-state index is 0.396. The highest BCUT2D eigenvalue weighted by molar-refractivity contribution is 5.60. The Bertz CT molecular complexity index is 886. The molecule has 1 aliphatic heterocycles. The zero-order valence-electron chi connectivity index (χ0n) is 14.8. The van der Waals surface area contributed by atoms with Gasteiger partial charge in [0.2, 0.25) is 0 Å². The summed E-state index contributed by atoms with van der Waals surface area (Å²) in [6, 6.07) is 4.30. The van der Waals surface area contributed by atoms with Crippen LogP contribution in [-0.4, -0.2) is 37.8 Å². The highest BCUT2D eigenvalue weighted by atomic mass is 15.3. The summed E-state index contributed by atoms with van der Waals surface area (Å²) < 4.78 is 2.09. The number of aromatic nitrogens is 5. The van der Waals surface area contributed by atoms with Crippen molar-refractivity contribution in [1.82, 2.24) is 24.7 Å². The molecule has 0 radical (unpaired) electrons. The second kappa shape index (κ2) is 6.27. The van der Waals surface area contributed by atoms with Crippen molar-refractivity contribution in [3.05, 3.63) is 53.7 Å². The van der Waals surface area contributed by atoms with Crippen LogP contribution in [0.1, 0.15) is 29.3 Å². The van der Waals surface area contributed by atoms with Crippen LogP contribution < -0.4 is 4.90 Å². The maximum absolute atomic E-state index is 4.88. The molecule has 0 aliphatic carbocycles. The van der Waals surface area contributed by atoms with E-state index in [4.69, 9.17) is 4.98 Å². The van der Waals surface area contributed by atoms with Gasteiger partial charge in [0.1, 0.15) is 5.82 Å². The first-order chi connectivity index (χ1) is 12.1. The molecule has 1 fully saturated rings. The molecule has 0 amide bonds. The summed E-state index contributed by atoms with van der Waals surface area (Å²) >= 11 is 0. The van der Waals surface area contributed by atoms with Crippen LogP contribution in [0.25, 0.3) is 11.4 Å². The van der Waals surface area contributed by atoms with Gasteiger partial charge in [0.15, 0.2) is 5.82 Å². The number of anilines is 1. The van der Waals surface area contributed by atoms with Crippen LogP contribution in [0.4, 0.5) is 5.82 Å². The number of rotatable bonds is 3. The molecule has 1 atom stereocenters. The fourth-order valence-corrected chi connectivity index (χ4v) is 3.33. The predicted octanol–water partition coefficient (Wildman–Crippen LogP) is 3.11. The largest absolute Gasteiger partial charge is 0.354 e. The Labute approximate surface area is 147 Å². The Kier molecular flexibility index (Phi) is 3.95. The number of pyridine rings is 1. The lowest BCUT2D eigenvalue weighted by atomic mass is 10.2. The van der Waals surface area contributed by atoms with Gasteiger partial charge in [-0.1, -0.05) is 0 Å². The molecule has 0 aromatic carbocycles. The Hall–Kier alpha value is -2.76. The minimum Gasteiger partial charge on any atom is -0.354 e. The number of nitrogens with zero attached hydrogens (tertiary/aromatic N) is 6. The van der Waals surface area contributed by atoms with Crippen LogP contribution in [0.3, 0.4) is 0 Å². The van der Waals surface area contributed by atoms with Crippen molar-refractivity contribution in [1.29, 1.82) is 0 Å². The smallest absolute Gasteiger partial charge is 0.161 e. The average Bonchev–Trinajstić information content (AvgIpc) is 3.27. The van der Waals surface area contributed by atoms with E-state index in [1.165, 1.54) is 5.56 Å².